The van der Waals surface area contributed by atoms with Crippen molar-refractivity contribution in [3.8, 4) is 16.9 Å². The van der Waals surface area contributed by atoms with E-state index < -0.39 is 29.3 Å². The number of hydrogen-bond donors (Lipinski definition) is 3. The number of carbonyl (C=O) groups is 2. The van der Waals surface area contributed by atoms with E-state index in [0.29, 0.717) is 21.7 Å². The minimum atomic E-state index is -1.66. The molecule has 25 heavy (non-hydrogen) atoms. The van der Waals surface area contributed by atoms with Crippen LogP contribution in [-0.2, 0) is 9.91 Å². The van der Waals surface area contributed by atoms with E-state index in [1.165, 1.54) is 12.3 Å². The lowest BCUT2D eigenvalue weighted by Gasteiger charge is -2.24. The molecule has 1 aromatic carbocycles. The number of carboxylic acids is 1. The fourth-order valence-electron chi connectivity index (χ4n) is 2.15. The summed E-state index contributed by atoms with van der Waals surface area (Å²) in [5.41, 5.74) is 0.824. The van der Waals surface area contributed by atoms with Crippen LogP contribution < -0.4 is 5.32 Å². The highest BCUT2D eigenvalue weighted by Crippen LogP contribution is 2.33. The third-order valence-corrected chi connectivity index (χ3v) is 3.48. The molecule has 3 N–H and O–H groups in total. The number of carbonyl (C=O) groups excluding carboxylic acids is 1. The molecule has 2 rings (SSSR count). The smallest absolute Gasteiger partial charge is 0.322 e. The number of carboxylic acid groups (broad SMARTS) is 1. The second-order valence-corrected chi connectivity index (χ2v) is 5.73. The summed E-state index contributed by atoms with van der Waals surface area (Å²) in [5.74, 6) is -2.51. The zero-order valence-corrected chi connectivity index (χ0v) is 13.6. The van der Waals surface area contributed by atoms with Gasteiger partial charge in [0.25, 0.3) is 5.91 Å². The van der Waals surface area contributed by atoms with Crippen molar-refractivity contribution in [3.05, 3.63) is 46.7 Å². The zero-order valence-electron chi connectivity index (χ0n) is 12.9. The normalized spacial score (nSPS) is 11.1. The number of nitrogens with zero attached hydrogens (tertiary/aromatic N) is 1. The van der Waals surface area contributed by atoms with Gasteiger partial charge >= 0.3 is 5.97 Å². The molecule has 1 aromatic heterocycles. The van der Waals surface area contributed by atoms with E-state index in [1.54, 1.807) is 18.2 Å². The first kappa shape index (κ1) is 18.9. The van der Waals surface area contributed by atoms with Gasteiger partial charge in [-0.3, -0.25) is 9.59 Å². The van der Waals surface area contributed by atoms with Crippen LogP contribution in [0.4, 0.5) is 0 Å². The number of pyridine rings is 1. The van der Waals surface area contributed by atoms with E-state index in [4.69, 9.17) is 40.2 Å². The van der Waals surface area contributed by atoms with Gasteiger partial charge in [0.15, 0.2) is 5.69 Å². The van der Waals surface area contributed by atoms with Crippen molar-refractivity contribution in [1.29, 1.82) is 0 Å². The molecule has 0 saturated heterocycles. The minimum absolute atomic E-state index is 0.326. The number of aromatic nitrogens is 1. The Balaban J connectivity index is 2.43. The number of halogens is 1. The quantitative estimate of drug-likeness (QED) is 0.684. The van der Waals surface area contributed by atoms with Gasteiger partial charge in [-0.2, -0.15) is 0 Å². The van der Waals surface area contributed by atoms with Crippen molar-refractivity contribution in [1.82, 2.24) is 10.3 Å². The molecule has 0 fully saturated rings. The molecule has 0 spiro atoms. The Morgan fingerprint density at radius 3 is 2.48 bits per heavy atom. The molecule has 0 unspecified atom stereocenters. The van der Waals surface area contributed by atoms with Gasteiger partial charge in [0.1, 0.15) is 12.3 Å². The predicted molar refractivity (Wildman–Crippen MR) is 95.3 cm³/mol. The molecule has 0 aliphatic carbocycles. The number of aromatic hydroxyl groups is 1. The van der Waals surface area contributed by atoms with Crippen molar-refractivity contribution in [3.63, 3.8) is 0 Å². The monoisotopic (exact) mass is 350 g/mol. The van der Waals surface area contributed by atoms with Gasteiger partial charge in [-0.25, -0.2) is 4.98 Å². The summed E-state index contributed by atoms with van der Waals surface area (Å²) in [6, 6.07) is 5.90. The highest BCUT2D eigenvalue weighted by Gasteiger charge is 2.20. The molecule has 10 heteroatoms. The first-order chi connectivity index (χ1) is 11.6. The van der Waals surface area contributed by atoms with E-state index in [0.717, 1.165) is 0 Å². The average Bonchev–Trinajstić information content (AvgIpc) is 2.51. The number of rotatable bonds is 5. The summed E-state index contributed by atoms with van der Waals surface area (Å²) in [4.78, 5) is 26.2. The molecule has 0 saturated carbocycles. The Hall–Kier alpha value is -2.41. The first-order valence-electron chi connectivity index (χ1n) is 6.95. The molecule has 120 valence electrons. The van der Waals surface area contributed by atoms with Gasteiger partial charge in [-0.1, -0.05) is 23.2 Å². The molecule has 0 aliphatic heterocycles. The van der Waals surface area contributed by atoms with Gasteiger partial charge in [-0.15, -0.1) is 5.11 Å². The Morgan fingerprint density at radius 1 is 1.24 bits per heavy atom. The van der Waals surface area contributed by atoms with Crippen LogP contribution in [0.15, 0.2) is 30.5 Å². The summed E-state index contributed by atoms with van der Waals surface area (Å²) in [6.07, 6.45) is 1.29. The molecular formula is C15H10B3ClN2O4. The van der Waals surface area contributed by atoms with Crippen molar-refractivity contribution in [2.45, 2.75) is 5.11 Å². The van der Waals surface area contributed by atoms with E-state index in [1.807, 2.05) is 0 Å². The van der Waals surface area contributed by atoms with Crippen molar-refractivity contribution in [2.75, 3.05) is 6.54 Å². The highest BCUT2D eigenvalue weighted by molar-refractivity contribution is 6.59. The third kappa shape index (κ3) is 4.57. The van der Waals surface area contributed by atoms with Crippen molar-refractivity contribution >= 4 is 47.0 Å². The summed E-state index contributed by atoms with van der Waals surface area (Å²) >= 11 is 5.98. The predicted octanol–water partition coefficient (Wildman–Crippen LogP) is 0.538. The molecular weight excluding hydrogens is 340 g/mol. The Bertz CT molecular complexity index is 840. The van der Waals surface area contributed by atoms with Crippen LogP contribution in [0.2, 0.25) is 5.02 Å². The standard InChI is InChI=1S/C15H10B3ClN2O4/c16-15(17,18)10-2-1-8(19)4-9(10)7-3-11(22)13(20-5-7)14(25)21-6-12(23)24/h1-5,22H,6H2,(H,21,25)(H,23,24). The van der Waals surface area contributed by atoms with Gasteiger partial charge < -0.3 is 15.5 Å². The Kier molecular flexibility index (Phi) is 5.47. The zero-order chi connectivity index (χ0) is 18.8. The second-order valence-electron chi connectivity index (χ2n) is 5.29. The summed E-state index contributed by atoms with van der Waals surface area (Å²) in [5, 5.41) is 19.4. The van der Waals surface area contributed by atoms with Crippen molar-refractivity contribution in [2.24, 2.45) is 0 Å². The molecule has 1 heterocycles. The first-order valence-corrected chi connectivity index (χ1v) is 7.33. The molecule has 0 bridgehead atoms. The Labute approximate surface area is 152 Å². The van der Waals surface area contributed by atoms with E-state index in [2.05, 4.69) is 10.3 Å². The van der Waals surface area contributed by atoms with Crippen molar-refractivity contribution < 1.29 is 19.8 Å². The number of aliphatic carboxylic acids is 1. The van der Waals surface area contributed by atoms with Gasteiger partial charge in [0, 0.05) is 16.8 Å². The van der Waals surface area contributed by atoms with Gasteiger partial charge in [0.05, 0.1) is 23.5 Å². The molecule has 0 aliphatic rings. The maximum absolute atomic E-state index is 11.8. The van der Waals surface area contributed by atoms with Crippen LogP contribution in [0, 0.1) is 0 Å². The minimum Gasteiger partial charge on any atom is -0.505 e. The van der Waals surface area contributed by atoms with Gasteiger partial charge in [0.2, 0.25) is 0 Å². The lowest BCUT2D eigenvalue weighted by molar-refractivity contribution is -0.135. The maximum Gasteiger partial charge on any atom is 0.322 e. The number of amides is 1. The van der Waals surface area contributed by atoms with E-state index >= 15 is 0 Å². The average molecular weight is 350 g/mol. The lowest BCUT2D eigenvalue weighted by Crippen LogP contribution is -2.30. The molecule has 6 radical (unpaired) electrons. The number of nitrogens with one attached hydrogen (secondary N) is 1. The highest BCUT2D eigenvalue weighted by atomic mass is 35.5. The van der Waals surface area contributed by atoms with E-state index in [9.17, 15) is 14.7 Å². The van der Waals surface area contributed by atoms with Crippen LogP contribution >= 0.6 is 11.6 Å². The largest absolute Gasteiger partial charge is 0.505 e. The van der Waals surface area contributed by atoms with Crippen LogP contribution in [0.5, 0.6) is 5.75 Å². The molecule has 0 atom stereocenters. The molecule has 2 aromatic rings. The van der Waals surface area contributed by atoms with E-state index in [-0.39, 0.29) is 5.69 Å². The van der Waals surface area contributed by atoms with Gasteiger partial charge in [-0.05, 0) is 23.8 Å². The topological polar surface area (TPSA) is 99.5 Å². The lowest BCUT2D eigenvalue weighted by atomic mass is 9.39. The second kappa shape index (κ2) is 7.23. The molecule has 1 amide bonds. The number of benzene rings is 1. The van der Waals surface area contributed by atoms with Crippen LogP contribution in [0.25, 0.3) is 11.1 Å². The van der Waals surface area contributed by atoms with Crippen LogP contribution in [0.1, 0.15) is 16.1 Å². The SMILES string of the molecule is [B]C([B])([B])c1ccc(Cl)cc1-c1cnc(C(=O)NCC(=O)O)c(O)c1. The Morgan fingerprint density at radius 2 is 1.92 bits per heavy atom. The van der Waals surface area contributed by atoms with Crippen LogP contribution in [-0.4, -0.2) is 57.2 Å². The fourth-order valence-corrected chi connectivity index (χ4v) is 2.32. The summed E-state index contributed by atoms with van der Waals surface area (Å²) in [7, 11) is 17.2. The summed E-state index contributed by atoms with van der Waals surface area (Å²) in [6.45, 7) is -0.601. The number of hydrogen-bond acceptors (Lipinski definition) is 4. The fraction of sp³-hybridized carbons (Fsp3) is 0.133. The third-order valence-electron chi connectivity index (χ3n) is 3.24. The van der Waals surface area contributed by atoms with Crippen LogP contribution in [0.3, 0.4) is 0 Å². The molecule has 6 nitrogen and oxygen atoms in total. The summed E-state index contributed by atoms with van der Waals surface area (Å²) < 4.78 is 0. The maximum atomic E-state index is 11.8.